The van der Waals surface area contributed by atoms with Crippen molar-refractivity contribution in [2.24, 2.45) is 5.92 Å². The summed E-state index contributed by atoms with van der Waals surface area (Å²) in [6, 6.07) is 30.0. The number of halogens is 3. The largest absolute Gasteiger partial charge is 0.471 e. The molecule has 0 aliphatic carbocycles. The summed E-state index contributed by atoms with van der Waals surface area (Å²) in [6.07, 6.45) is -5.62. The van der Waals surface area contributed by atoms with E-state index in [4.69, 9.17) is 14.5 Å². The molecule has 5 aromatic rings. The number of hydrogen-bond acceptors (Lipinski definition) is 8. The first-order valence-corrected chi connectivity index (χ1v) is 19.2. The Kier molecular flexibility index (Phi) is 11.2. The minimum atomic E-state index is -5.03. The van der Waals surface area contributed by atoms with Crippen LogP contribution in [0.25, 0.3) is 21.3 Å². The van der Waals surface area contributed by atoms with Gasteiger partial charge >= 0.3 is 12.1 Å². The topological polar surface area (TPSA) is 101 Å². The molecule has 0 bridgehead atoms. The summed E-state index contributed by atoms with van der Waals surface area (Å²) in [5, 5.41) is 12.4. The van der Waals surface area contributed by atoms with Crippen molar-refractivity contribution >= 4 is 45.1 Å². The molecule has 3 heterocycles. The zero-order chi connectivity index (χ0) is 37.1. The number of thiazole rings is 1. The number of hydrogen-bond donors (Lipinski definition) is 2. The van der Waals surface area contributed by atoms with E-state index in [0.717, 1.165) is 47.9 Å². The maximum absolute atomic E-state index is 13.1. The summed E-state index contributed by atoms with van der Waals surface area (Å²) >= 11 is 3.33. The van der Waals surface area contributed by atoms with Gasteiger partial charge in [0.1, 0.15) is 6.04 Å². The highest BCUT2D eigenvalue weighted by Gasteiger charge is 2.47. The van der Waals surface area contributed by atoms with Gasteiger partial charge in [-0.3, -0.25) is 9.59 Å². The molecule has 2 fully saturated rings. The number of ether oxygens (including phenoxy) is 2. The molecular formula is C40H38F3N3O5S2. The molecule has 0 spiro atoms. The average molecular weight is 762 g/mol. The van der Waals surface area contributed by atoms with E-state index in [-0.39, 0.29) is 44.2 Å². The number of rotatable bonds is 10. The van der Waals surface area contributed by atoms with Gasteiger partial charge in [0.05, 0.1) is 29.0 Å². The zero-order valence-electron chi connectivity index (χ0n) is 28.8. The number of carbonyl (C=O) groups is 2. The lowest BCUT2D eigenvalue weighted by molar-refractivity contribution is -0.268. The Morgan fingerprint density at radius 3 is 2.42 bits per heavy atom. The molecule has 5 atom stereocenters. The number of benzene rings is 4. The van der Waals surface area contributed by atoms with E-state index in [1.165, 1.54) is 0 Å². The summed E-state index contributed by atoms with van der Waals surface area (Å²) in [4.78, 5) is 30.3. The van der Waals surface area contributed by atoms with Crippen LogP contribution >= 0.6 is 23.1 Å². The van der Waals surface area contributed by atoms with Gasteiger partial charge in [0, 0.05) is 30.3 Å². The molecule has 2 aliphatic heterocycles. The fourth-order valence-electron chi connectivity index (χ4n) is 6.90. The van der Waals surface area contributed by atoms with Crippen molar-refractivity contribution in [3.63, 3.8) is 0 Å². The Morgan fingerprint density at radius 1 is 0.962 bits per heavy atom. The van der Waals surface area contributed by atoms with Gasteiger partial charge in [0.2, 0.25) is 5.91 Å². The number of aliphatic hydroxyl groups is 1. The third kappa shape index (κ3) is 8.29. The van der Waals surface area contributed by atoms with Gasteiger partial charge in [0.15, 0.2) is 10.6 Å². The third-order valence-electron chi connectivity index (χ3n) is 9.79. The number of fused-ring (bicyclic) bond motifs is 1. The van der Waals surface area contributed by atoms with Gasteiger partial charge in [-0.2, -0.15) is 13.2 Å². The Hall–Kier alpha value is -4.27. The number of nitrogens with one attached hydrogen (secondary N) is 1. The first-order chi connectivity index (χ1) is 25.6. The molecule has 276 valence electrons. The quantitative estimate of drug-likeness (QED) is 0.139. The van der Waals surface area contributed by atoms with Gasteiger partial charge in [0.25, 0.3) is 0 Å². The molecule has 0 saturated carbocycles. The molecule has 8 nitrogen and oxygen atoms in total. The number of carbonyl (C=O) groups excluding carboxylic acids is 2. The van der Waals surface area contributed by atoms with Crippen LogP contribution < -0.4 is 5.32 Å². The third-order valence-corrected chi connectivity index (χ3v) is 12.1. The van der Waals surface area contributed by atoms with E-state index in [2.05, 4.69) is 18.3 Å². The second-order valence-corrected chi connectivity index (χ2v) is 15.5. The number of aliphatic hydroxyl groups excluding tert-OH is 1. The maximum atomic E-state index is 13.1. The highest BCUT2D eigenvalue weighted by atomic mass is 32.2. The minimum absolute atomic E-state index is 0.0114. The van der Waals surface area contributed by atoms with Gasteiger partial charge in [-0.1, -0.05) is 104 Å². The van der Waals surface area contributed by atoms with Crippen LogP contribution in [0.3, 0.4) is 0 Å². The van der Waals surface area contributed by atoms with E-state index in [1.54, 1.807) is 23.1 Å². The van der Waals surface area contributed by atoms with Gasteiger partial charge in [-0.15, -0.1) is 11.3 Å². The Labute approximate surface area is 313 Å². The number of nitrogens with zero attached hydrogens (tertiary/aromatic N) is 2. The minimum Gasteiger partial charge on any atom is -0.392 e. The highest BCUT2D eigenvalue weighted by molar-refractivity contribution is 8.01. The molecular weight excluding hydrogens is 724 g/mol. The molecule has 1 aromatic heterocycles. The molecule has 2 amide bonds. The van der Waals surface area contributed by atoms with Crippen molar-refractivity contribution in [2.75, 3.05) is 12.3 Å². The highest BCUT2D eigenvalue weighted by Crippen LogP contribution is 2.44. The second kappa shape index (κ2) is 16.0. The molecule has 2 N–H and O–H groups in total. The van der Waals surface area contributed by atoms with Crippen LogP contribution in [-0.4, -0.2) is 57.4 Å². The van der Waals surface area contributed by atoms with Crippen LogP contribution in [-0.2, 0) is 32.2 Å². The lowest BCUT2D eigenvalue weighted by Gasteiger charge is -2.41. The number of alkyl halides is 3. The Balaban J connectivity index is 1.07. The lowest BCUT2D eigenvalue weighted by Crippen LogP contribution is -2.50. The molecule has 4 aromatic carbocycles. The fourth-order valence-corrected chi connectivity index (χ4v) is 9.16. The Bertz CT molecular complexity index is 2020. The summed E-state index contributed by atoms with van der Waals surface area (Å²) in [5.41, 5.74) is 6.11. The summed E-state index contributed by atoms with van der Waals surface area (Å²) < 4.78 is 54.8. The number of aromatic nitrogens is 1. The average Bonchev–Trinajstić information content (AvgIpc) is 3.84. The van der Waals surface area contributed by atoms with Crippen LogP contribution in [0, 0.1) is 5.92 Å². The van der Waals surface area contributed by atoms with E-state index in [9.17, 15) is 27.9 Å². The monoisotopic (exact) mass is 761 g/mol. The molecule has 2 saturated heterocycles. The first-order valence-electron chi connectivity index (χ1n) is 17.4. The van der Waals surface area contributed by atoms with Gasteiger partial charge in [-0.25, -0.2) is 4.98 Å². The predicted molar refractivity (Wildman–Crippen MR) is 198 cm³/mol. The molecule has 53 heavy (non-hydrogen) atoms. The second-order valence-electron chi connectivity index (χ2n) is 13.2. The first kappa shape index (κ1) is 37.1. The standard InChI is InChI=1S/C40H38F3N3O5S2/c1-24-33(23-52-39-45-31-9-4-5-11-34(31)53-39)50-37(51-35(24)27-14-12-25(22-47)13-15-27)28-18-16-26(17-19-28)30-8-3-2-7-29(30)21-44-36(48)32-10-6-20-46(32)38(49)40(41,42)43/h2-5,7-9,11-19,24,32-33,35,37,47H,6,10,20-23H2,1H3,(H,44,48)/t24-,32-,33+,35+,37+/m0/s1. The normalized spacial score (nSPS) is 21.9. The van der Waals surface area contributed by atoms with Crippen LogP contribution in [0.15, 0.2) is 101 Å². The number of likely N-dealkylation sites (tertiary alicyclic amines) is 1. The van der Waals surface area contributed by atoms with Crippen LogP contribution in [0.1, 0.15) is 54.4 Å². The van der Waals surface area contributed by atoms with Crippen LogP contribution in [0.4, 0.5) is 13.2 Å². The Morgan fingerprint density at radius 2 is 1.68 bits per heavy atom. The van der Waals surface area contributed by atoms with Crippen molar-refractivity contribution in [3.05, 3.63) is 119 Å². The van der Waals surface area contributed by atoms with Gasteiger partial charge < -0.3 is 24.8 Å². The summed E-state index contributed by atoms with van der Waals surface area (Å²) in [6.45, 7) is 2.06. The molecule has 7 rings (SSSR count). The maximum Gasteiger partial charge on any atom is 0.471 e. The van der Waals surface area contributed by atoms with Crippen LogP contribution in [0.2, 0.25) is 0 Å². The van der Waals surface area contributed by atoms with Crippen LogP contribution in [0.5, 0.6) is 0 Å². The van der Waals surface area contributed by atoms with Crippen molar-refractivity contribution < 1.29 is 37.3 Å². The van der Waals surface area contributed by atoms with Crippen molar-refractivity contribution in [3.8, 4) is 11.1 Å². The van der Waals surface area contributed by atoms with Crippen molar-refractivity contribution in [1.29, 1.82) is 0 Å². The molecule has 2 aliphatic rings. The number of para-hydroxylation sites is 1. The summed E-state index contributed by atoms with van der Waals surface area (Å²) in [5.74, 6) is -1.91. The van der Waals surface area contributed by atoms with E-state index in [1.807, 2.05) is 91.0 Å². The van der Waals surface area contributed by atoms with E-state index < -0.39 is 30.3 Å². The van der Waals surface area contributed by atoms with Gasteiger partial charge in [-0.05, 0) is 52.8 Å². The molecule has 0 radical (unpaired) electrons. The lowest BCUT2D eigenvalue weighted by atomic mass is 9.91. The molecule has 13 heteroatoms. The SMILES string of the molecule is C[C@H]1[C@@H](CSc2nc3ccccc3s2)O[C@@H](c2ccc(-c3ccccc3CNC(=O)[C@@H]3CCCN3C(=O)C(F)(F)F)cc2)O[C@H]1c1ccc(CO)cc1. The zero-order valence-corrected chi connectivity index (χ0v) is 30.4. The predicted octanol–water partition coefficient (Wildman–Crippen LogP) is 8.21. The van der Waals surface area contributed by atoms with Crippen molar-refractivity contribution in [2.45, 2.75) is 68.0 Å². The smallest absolute Gasteiger partial charge is 0.392 e. The van der Waals surface area contributed by atoms with E-state index >= 15 is 0 Å². The van der Waals surface area contributed by atoms with Crippen molar-refractivity contribution in [1.82, 2.24) is 15.2 Å². The number of amides is 2. The number of thioether (sulfide) groups is 1. The fraction of sp³-hybridized carbons (Fsp3) is 0.325. The molecule has 0 unspecified atom stereocenters. The summed E-state index contributed by atoms with van der Waals surface area (Å²) in [7, 11) is 0. The van der Waals surface area contributed by atoms with E-state index in [0.29, 0.717) is 17.1 Å².